The molecule has 1 aliphatic rings. The van der Waals surface area contributed by atoms with Gasteiger partial charge in [0.05, 0.1) is 18.3 Å². The summed E-state index contributed by atoms with van der Waals surface area (Å²) in [4.78, 5) is 26.0. The third kappa shape index (κ3) is 5.27. The largest absolute Gasteiger partial charge is 0.381 e. The van der Waals surface area contributed by atoms with Crippen molar-refractivity contribution >= 4 is 29.8 Å². The number of amides is 1. The number of benzene rings is 1. The molecular formula is C17H26ClN3O3. The van der Waals surface area contributed by atoms with Gasteiger partial charge in [-0.1, -0.05) is 12.1 Å². The Morgan fingerprint density at radius 2 is 2.08 bits per heavy atom. The topological polar surface area (TPSA) is 84.7 Å². The summed E-state index contributed by atoms with van der Waals surface area (Å²) < 4.78 is 5.39. The average Bonchev–Trinajstić information content (AvgIpc) is 2.55. The lowest BCUT2D eigenvalue weighted by molar-refractivity contribution is -0.118. The number of ketones is 1. The molecule has 6 nitrogen and oxygen atoms in total. The Kier molecular flexibility index (Phi) is 8.35. The van der Waals surface area contributed by atoms with Crippen LogP contribution < -0.4 is 11.1 Å². The summed E-state index contributed by atoms with van der Waals surface area (Å²) in [6.45, 7) is 3.04. The molecule has 1 aromatic rings. The highest BCUT2D eigenvalue weighted by molar-refractivity contribution is 6.04. The van der Waals surface area contributed by atoms with E-state index in [1.807, 2.05) is 0 Å². The highest BCUT2D eigenvalue weighted by atomic mass is 35.5. The zero-order chi connectivity index (χ0) is 16.8. The van der Waals surface area contributed by atoms with Gasteiger partial charge in [0.15, 0.2) is 5.78 Å². The van der Waals surface area contributed by atoms with Crippen LogP contribution in [0.25, 0.3) is 0 Å². The van der Waals surface area contributed by atoms with Crippen molar-refractivity contribution in [3.05, 3.63) is 29.8 Å². The number of methoxy groups -OCH3 is 1. The maximum Gasteiger partial charge on any atom is 0.238 e. The van der Waals surface area contributed by atoms with Crippen LogP contribution in [0.1, 0.15) is 30.1 Å². The molecule has 2 unspecified atom stereocenters. The van der Waals surface area contributed by atoms with Crippen LogP contribution in [-0.4, -0.2) is 55.5 Å². The lowest BCUT2D eigenvalue weighted by Gasteiger charge is -2.37. The van der Waals surface area contributed by atoms with Crippen LogP contribution in [0.4, 0.5) is 5.69 Å². The highest BCUT2D eigenvalue weighted by Gasteiger charge is 2.28. The van der Waals surface area contributed by atoms with Gasteiger partial charge in [-0.15, -0.1) is 12.4 Å². The Labute approximate surface area is 149 Å². The molecule has 3 N–H and O–H groups in total. The number of nitrogens with one attached hydrogen (secondary N) is 1. The third-order valence-corrected chi connectivity index (χ3v) is 4.32. The lowest BCUT2D eigenvalue weighted by Crippen LogP contribution is -2.51. The van der Waals surface area contributed by atoms with Gasteiger partial charge in [0.2, 0.25) is 5.91 Å². The van der Waals surface area contributed by atoms with Crippen LogP contribution in [0.2, 0.25) is 0 Å². The maximum absolute atomic E-state index is 12.3. The smallest absolute Gasteiger partial charge is 0.238 e. The first-order chi connectivity index (χ1) is 11.0. The fourth-order valence-electron chi connectivity index (χ4n) is 3.00. The van der Waals surface area contributed by atoms with Gasteiger partial charge in [-0.25, -0.2) is 0 Å². The Balaban J connectivity index is 0.00000288. The summed E-state index contributed by atoms with van der Waals surface area (Å²) in [7, 11) is 1.71. The van der Waals surface area contributed by atoms with E-state index in [0.717, 1.165) is 19.4 Å². The zero-order valence-electron chi connectivity index (χ0n) is 14.2. The molecule has 1 amide bonds. The van der Waals surface area contributed by atoms with Crippen LogP contribution in [0.15, 0.2) is 24.3 Å². The summed E-state index contributed by atoms with van der Waals surface area (Å²) in [5.74, 6) is -0.199. The molecule has 0 saturated carbocycles. The van der Waals surface area contributed by atoms with E-state index in [9.17, 15) is 9.59 Å². The van der Waals surface area contributed by atoms with Gasteiger partial charge in [-0.2, -0.15) is 0 Å². The Morgan fingerprint density at radius 3 is 2.71 bits per heavy atom. The molecule has 24 heavy (non-hydrogen) atoms. The van der Waals surface area contributed by atoms with E-state index in [-0.39, 0.29) is 42.8 Å². The quantitative estimate of drug-likeness (QED) is 0.758. The van der Waals surface area contributed by atoms with Crippen molar-refractivity contribution in [2.45, 2.75) is 31.9 Å². The Bertz CT molecular complexity index is 568. The molecular weight excluding hydrogens is 330 g/mol. The van der Waals surface area contributed by atoms with Gasteiger partial charge in [-0.3, -0.25) is 14.5 Å². The predicted octanol–water partition coefficient (Wildman–Crippen LogP) is 1.69. The third-order valence-electron chi connectivity index (χ3n) is 4.32. The highest BCUT2D eigenvalue weighted by Crippen LogP contribution is 2.20. The number of Topliss-reactive ketones (excluding diaryl/α,β-unsaturated/α-hetero) is 1. The molecule has 0 aliphatic carbocycles. The second-order valence-corrected chi connectivity index (χ2v) is 5.89. The first-order valence-corrected chi connectivity index (χ1v) is 7.91. The number of nitrogens with zero attached hydrogens (tertiary/aromatic N) is 1. The molecule has 1 fully saturated rings. The molecule has 0 spiro atoms. The summed E-state index contributed by atoms with van der Waals surface area (Å²) in [6.07, 6.45) is 1.94. The van der Waals surface area contributed by atoms with Gasteiger partial charge < -0.3 is 15.8 Å². The molecule has 0 radical (unpaired) electrons. The monoisotopic (exact) mass is 355 g/mol. The Morgan fingerprint density at radius 1 is 1.38 bits per heavy atom. The molecule has 7 heteroatoms. The minimum Gasteiger partial charge on any atom is -0.381 e. The predicted molar refractivity (Wildman–Crippen MR) is 96.8 cm³/mol. The average molecular weight is 356 g/mol. The van der Waals surface area contributed by atoms with Crippen molar-refractivity contribution in [1.82, 2.24) is 4.90 Å². The molecule has 1 saturated heterocycles. The minimum absolute atomic E-state index is 0. The second-order valence-electron chi connectivity index (χ2n) is 5.89. The van der Waals surface area contributed by atoms with Crippen molar-refractivity contribution in [3.63, 3.8) is 0 Å². The van der Waals surface area contributed by atoms with Gasteiger partial charge in [0.1, 0.15) is 0 Å². The number of hydrogen-bond donors (Lipinski definition) is 2. The van der Waals surface area contributed by atoms with E-state index in [4.69, 9.17) is 10.5 Å². The summed E-state index contributed by atoms with van der Waals surface area (Å²) in [5, 5.41) is 2.84. The van der Waals surface area contributed by atoms with Crippen LogP contribution in [0.5, 0.6) is 0 Å². The zero-order valence-corrected chi connectivity index (χ0v) is 15.0. The SMILES string of the molecule is COC1CCN(CC(=O)Nc2ccccc2C(C)=O)C(CN)C1.Cl. The maximum atomic E-state index is 12.3. The molecule has 1 aromatic carbocycles. The summed E-state index contributed by atoms with van der Waals surface area (Å²) >= 11 is 0. The standard InChI is InChI=1S/C17H25N3O3.ClH/c1-12(21)15-5-3-4-6-16(15)19-17(22)11-20-8-7-14(23-2)9-13(20)10-18;/h3-6,13-14H,7-11,18H2,1-2H3,(H,19,22);1H. The van der Waals surface area contributed by atoms with Crippen LogP contribution >= 0.6 is 12.4 Å². The van der Waals surface area contributed by atoms with Crippen LogP contribution in [0, 0.1) is 0 Å². The molecule has 1 aliphatic heterocycles. The summed E-state index contributed by atoms with van der Waals surface area (Å²) in [5.41, 5.74) is 6.91. The number of piperidine rings is 1. The van der Waals surface area contributed by atoms with Crippen molar-refractivity contribution in [2.24, 2.45) is 5.73 Å². The molecule has 2 atom stereocenters. The van der Waals surface area contributed by atoms with Crippen molar-refractivity contribution in [1.29, 1.82) is 0 Å². The fraction of sp³-hybridized carbons (Fsp3) is 0.529. The van der Waals surface area contributed by atoms with E-state index in [2.05, 4.69) is 10.2 Å². The first kappa shape index (κ1) is 20.6. The molecule has 2 rings (SSSR count). The van der Waals surface area contributed by atoms with E-state index in [1.54, 1.807) is 31.4 Å². The number of anilines is 1. The fourth-order valence-corrected chi connectivity index (χ4v) is 3.00. The number of nitrogens with two attached hydrogens (primary N) is 1. The number of rotatable bonds is 6. The minimum atomic E-state index is -0.131. The van der Waals surface area contributed by atoms with E-state index in [1.165, 1.54) is 6.92 Å². The first-order valence-electron chi connectivity index (χ1n) is 7.91. The number of hydrogen-bond acceptors (Lipinski definition) is 5. The summed E-state index contributed by atoms with van der Waals surface area (Å²) in [6, 6.07) is 7.18. The van der Waals surface area contributed by atoms with Crippen LogP contribution in [-0.2, 0) is 9.53 Å². The van der Waals surface area contributed by atoms with Crippen molar-refractivity contribution < 1.29 is 14.3 Å². The van der Waals surface area contributed by atoms with Crippen molar-refractivity contribution in [2.75, 3.05) is 32.1 Å². The number of likely N-dealkylation sites (tertiary alicyclic amines) is 1. The normalized spacial score (nSPS) is 21.0. The van der Waals surface area contributed by atoms with E-state index in [0.29, 0.717) is 17.8 Å². The second kappa shape index (κ2) is 9.74. The van der Waals surface area contributed by atoms with Crippen LogP contribution in [0.3, 0.4) is 0 Å². The van der Waals surface area contributed by atoms with Gasteiger partial charge in [-0.05, 0) is 31.9 Å². The lowest BCUT2D eigenvalue weighted by atomic mass is 9.99. The number of carbonyl (C=O) groups excluding carboxylic acids is 2. The molecule has 0 bridgehead atoms. The molecule has 134 valence electrons. The van der Waals surface area contributed by atoms with Crippen molar-refractivity contribution in [3.8, 4) is 0 Å². The number of carbonyl (C=O) groups is 2. The van der Waals surface area contributed by atoms with E-state index < -0.39 is 0 Å². The number of para-hydroxylation sites is 1. The van der Waals surface area contributed by atoms with Gasteiger partial charge >= 0.3 is 0 Å². The molecule has 0 aromatic heterocycles. The number of halogens is 1. The number of ether oxygens (including phenoxy) is 1. The van der Waals surface area contributed by atoms with E-state index >= 15 is 0 Å². The van der Waals surface area contributed by atoms with Gasteiger partial charge in [0.25, 0.3) is 0 Å². The Hall–Kier alpha value is -1.47. The van der Waals surface area contributed by atoms with Gasteiger partial charge in [0, 0.05) is 31.8 Å². The molecule has 1 heterocycles.